The maximum Gasteiger partial charge on any atom is 0.0540 e. The van der Waals surface area contributed by atoms with Crippen molar-refractivity contribution in [2.24, 2.45) is 0 Å². The molecule has 0 radical (unpaired) electrons. The highest BCUT2D eigenvalue weighted by Crippen LogP contribution is 2.06. The Labute approximate surface area is 116 Å². The van der Waals surface area contributed by atoms with Crippen LogP contribution in [0.5, 0.6) is 0 Å². The summed E-state index contributed by atoms with van der Waals surface area (Å²) in [6.07, 6.45) is 0.537. The average Bonchev–Trinajstić information content (AvgIpc) is 2.39. The molecule has 1 rings (SSSR count). The van der Waals surface area contributed by atoms with E-state index in [4.69, 9.17) is 5.11 Å². The number of likely N-dealkylation sites (N-methyl/N-ethyl adjacent to an activating group) is 2. The predicted octanol–water partition coefficient (Wildman–Crippen LogP) is 1.41. The van der Waals surface area contributed by atoms with Gasteiger partial charge in [-0.25, -0.2) is 0 Å². The summed E-state index contributed by atoms with van der Waals surface area (Å²) in [7, 11) is 6.32. The van der Waals surface area contributed by atoms with Gasteiger partial charge in [0.05, 0.1) is 6.61 Å². The van der Waals surface area contributed by atoms with Gasteiger partial charge >= 0.3 is 0 Å². The molecule has 3 heteroatoms. The first-order valence-corrected chi connectivity index (χ1v) is 6.64. The summed E-state index contributed by atoms with van der Waals surface area (Å²) in [5.41, 5.74) is 2.31. The number of aliphatic hydroxyl groups is 1. The Hall–Kier alpha value is -1.34. The van der Waals surface area contributed by atoms with Gasteiger partial charge in [-0.2, -0.15) is 0 Å². The van der Waals surface area contributed by atoms with E-state index < -0.39 is 0 Å². The molecule has 104 valence electrons. The fourth-order valence-electron chi connectivity index (χ4n) is 1.68. The summed E-state index contributed by atoms with van der Waals surface area (Å²) in [4.78, 5) is 4.50. The van der Waals surface area contributed by atoms with E-state index in [0.29, 0.717) is 6.42 Å². The Bertz CT molecular complexity index is 415. The molecule has 0 saturated carbocycles. The SMILES string of the molecule is CN(C)CCN(C)Cc1ccc(C#CCCO)cc1. The molecule has 1 aromatic carbocycles. The van der Waals surface area contributed by atoms with Crippen LogP contribution in [0, 0.1) is 11.8 Å². The molecule has 0 atom stereocenters. The molecule has 0 spiro atoms. The minimum absolute atomic E-state index is 0.127. The van der Waals surface area contributed by atoms with Crippen LogP contribution in [0.2, 0.25) is 0 Å². The van der Waals surface area contributed by atoms with Crippen molar-refractivity contribution in [1.82, 2.24) is 9.80 Å². The first kappa shape index (κ1) is 15.7. The van der Waals surface area contributed by atoms with E-state index in [2.05, 4.69) is 54.9 Å². The molecule has 19 heavy (non-hydrogen) atoms. The fourth-order valence-corrected chi connectivity index (χ4v) is 1.68. The maximum absolute atomic E-state index is 8.67. The van der Waals surface area contributed by atoms with Crippen molar-refractivity contribution in [3.8, 4) is 11.8 Å². The van der Waals surface area contributed by atoms with Crippen LogP contribution in [0.3, 0.4) is 0 Å². The van der Waals surface area contributed by atoms with Crippen molar-refractivity contribution in [2.75, 3.05) is 40.8 Å². The second-order valence-electron chi connectivity index (χ2n) is 5.01. The van der Waals surface area contributed by atoms with E-state index >= 15 is 0 Å². The van der Waals surface area contributed by atoms with Gasteiger partial charge in [0.25, 0.3) is 0 Å². The first-order chi connectivity index (χ1) is 9.11. The molecule has 0 heterocycles. The summed E-state index contributed by atoms with van der Waals surface area (Å²) < 4.78 is 0. The third-order valence-electron chi connectivity index (χ3n) is 2.80. The van der Waals surface area contributed by atoms with Crippen LogP contribution >= 0.6 is 0 Å². The van der Waals surface area contributed by atoms with E-state index in [0.717, 1.165) is 25.2 Å². The summed E-state index contributed by atoms with van der Waals surface area (Å²) in [5, 5.41) is 8.67. The molecule has 0 fully saturated rings. The Morgan fingerprint density at radius 2 is 1.74 bits per heavy atom. The lowest BCUT2D eigenvalue weighted by molar-refractivity contribution is 0.276. The van der Waals surface area contributed by atoms with Gasteiger partial charge in [-0.15, -0.1) is 0 Å². The van der Waals surface area contributed by atoms with Crippen LogP contribution in [0.25, 0.3) is 0 Å². The lowest BCUT2D eigenvalue weighted by Gasteiger charge is -2.19. The molecule has 0 aromatic heterocycles. The highest BCUT2D eigenvalue weighted by molar-refractivity contribution is 5.36. The van der Waals surface area contributed by atoms with Crippen molar-refractivity contribution in [3.63, 3.8) is 0 Å². The third-order valence-corrected chi connectivity index (χ3v) is 2.80. The van der Waals surface area contributed by atoms with Crippen molar-refractivity contribution < 1.29 is 5.11 Å². The van der Waals surface area contributed by atoms with Gasteiger partial charge in [0, 0.05) is 31.6 Å². The normalized spacial score (nSPS) is 10.6. The summed E-state index contributed by atoms with van der Waals surface area (Å²) in [6, 6.07) is 8.32. The van der Waals surface area contributed by atoms with Crippen LogP contribution in [-0.2, 0) is 6.54 Å². The molecule has 0 aliphatic heterocycles. The lowest BCUT2D eigenvalue weighted by Crippen LogP contribution is -2.28. The molecule has 1 aromatic rings. The molecule has 0 aliphatic carbocycles. The van der Waals surface area contributed by atoms with Crippen LogP contribution in [-0.4, -0.2) is 55.7 Å². The molecular formula is C16H24N2O. The van der Waals surface area contributed by atoms with Gasteiger partial charge in [-0.1, -0.05) is 24.0 Å². The first-order valence-electron chi connectivity index (χ1n) is 6.64. The van der Waals surface area contributed by atoms with E-state index in [-0.39, 0.29) is 6.61 Å². The third kappa shape index (κ3) is 6.97. The topological polar surface area (TPSA) is 26.7 Å². The Balaban J connectivity index is 2.46. The maximum atomic E-state index is 8.67. The molecule has 0 unspecified atom stereocenters. The van der Waals surface area contributed by atoms with E-state index in [1.165, 1.54) is 5.56 Å². The van der Waals surface area contributed by atoms with Crippen LogP contribution < -0.4 is 0 Å². The Kier molecular flexibility index (Phi) is 7.20. The predicted molar refractivity (Wildman–Crippen MR) is 79.9 cm³/mol. The number of rotatable bonds is 6. The number of aliphatic hydroxyl groups excluding tert-OH is 1. The number of hydrogen-bond donors (Lipinski definition) is 1. The molecule has 0 aliphatic rings. The van der Waals surface area contributed by atoms with Gasteiger partial charge in [-0.3, -0.25) is 0 Å². The zero-order valence-electron chi connectivity index (χ0n) is 12.2. The summed E-state index contributed by atoms with van der Waals surface area (Å²) in [5.74, 6) is 5.96. The molecule has 1 N–H and O–H groups in total. The Morgan fingerprint density at radius 1 is 1.05 bits per heavy atom. The molecule has 3 nitrogen and oxygen atoms in total. The molecular weight excluding hydrogens is 236 g/mol. The van der Waals surface area contributed by atoms with Crippen LogP contribution in [0.4, 0.5) is 0 Å². The smallest absolute Gasteiger partial charge is 0.0540 e. The second kappa shape index (κ2) is 8.71. The molecule has 0 saturated heterocycles. The largest absolute Gasteiger partial charge is 0.395 e. The quantitative estimate of drug-likeness (QED) is 0.784. The minimum Gasteiger partial charge on any atom is -0.395 e. The zero-order chi connectivity index (χ0) is 14.1. The van der Waals surface area contributed by atoms with E-state index in [1.54, 1.807) is 0 Å². The molecule has 0 bridgehead atoms. The highest BCUT2D eigenvalue weighted by atomic mass is 16.2. The second-order valence-corrected chi connectivity index (χ2v) is 5.01. The average molecular weight is 260 g/mol. The minimum atomic E-state index is 0.127. The standard InChI is InChI=1S/C16H24N2O/c1-17(2)11-12-18(3)14-16-9-7-15(8-10-16)6-4-5-13-19/h7-10,19H,5,11-14H2,1-3H3. The van der Waals surface area contributed by atoms with Gasteiger partial charge in [0.15, 0.2) is 0 Å². The number of hydrogen-bond acceptors (Lipinski definition) is 3. The lowest BCUT2D eigenvalue weighted by atomic mass is 10.1. The van der Waals surface area contributed by atoms with Gasteiger partial charge < -0.3 is 14.9 Å². The summed E-state index contributed by atoms with van der Waals surface area (Å²) in [6.45, 7) is 3.21. The van der Waals surface area contributed by atoms with Gasteiger partial charge in [0.1, 0.15) is 0 Å². The van der Waals surface area contributed by atoms with Gasteiger partial charge in [0.2, 0.25) is 0 Å². The van der Waals surface area contributed by atoms with Crippen LogP contribution in [0.1, 0.15) is 17.5 Å². The zero-order valence-corrected chi connectivity index (χ0v) is 12.2. The van der Waals surface area contributed by atoms with E-state index in [1.807, 2.05) is 12.1 Å². The van der Waals surface area contributed by atoms with Crippen molar-refractivity contribution in [1.29, 1.82) is 0 Å². The van der Waals surface area contributed by atoms with Gasteiger partial charge in [-0.05, 0) is 38.8 Å². The Morgan fingerprint density at radius 3 is 2.32 bits per heavy atom. The van der Waals surface area contributed by atoms with E-state index in [9.17, 15) is 0 Å². The number of benzene rings is 1. The summed E-state index contributed by atoms with van der Waals surface area (Å²) >= 11 is 0. The van der Waals surface area contributed by atoms with Crippen molar-refractivity contribution in [3.05, 3.63) is 35.4 Å². The number of nitrogens with zero attached hydrogens (tertiary/aromatic N) is 2. The van der Waals surface area contributed by atoms with Crippen LogP contribution in [0.15, 0.2) is 24.3 Å². The van der Waals surface area contributed by atoms with Crippen molar-refractivity contribution in [2.45, 2.75) is 13.0 Å². The fraction of sp³-hybridized carbons (Fsp3) is 0.500. The van der Waals surface area contributed by atoms with Crippen molar-refractivity contribution >= 4 is 0 Å². The molecule has 0 amide bonds. The monoisotopic (exact) mass is 260 g/mol. The highest BCUT2D eigenvalue weighted by Gasteiger charge is 2.00.